The number of benzene rings is 1. The second-order valence-electron chi connectivity index (χ2n) is 8.36. The maximum absolute atomic E-state index is 13.3. The van der Waals surface area contributed by atoms with Crippen LogP contribution in [0.1, 0.15) is 56.6 Å². The summed E-state index contributed by atoms with van der Waals surface area (Å²) >= 11 is 1.39. The number of hydrogen-bond acceptors (Lipinski definition) is 5. The summed E-state index contributed by atoms with van der Waals surface area (Å²) in [6.07, 6.45) is 7.30. The topological polar surface area (TPSA) is 72.0 Å². The van der Waals surface area contributed by atoms with E-state index in [0.717, 1.165) is 23.2 Å². The zero-order valence-electron chi connectivity index (χ0n) is 17.1. The van der Waals surface area contributed by atoms with Gasteiger partial charge in [-0.2, -0.15) is 0 Å². The average Bonchev–Trinajstić information content (AvgIpc) is 2.74. The molecule has 1 saturated carbocycles. The smallest absolute Gasteiger partial charge is 0.306 e. The van der Waals surface area contributed by atoms with Gasteiger partial charge >= 0.3 is 5.97 Å². The number of fused-ring (bicyclic) bond motifs is 3. The van der Waals surface area contributed by atoms with Crippen LogP contribution in [0.4, 0.5) is 0 Å². The third-order valence-corrected chi connectivity index (χ3v) is 7.45. The first-order valence-electron chi connectivity index (χ1n) is 10.5. The molecular weight excluding hydrogens is 384 g/mol. The lowest BCUT2D eigenvalue weighted by molar-refractivity contribution is -0.140. The Morgan fingerprint density at radius 3 is 2.79 bits per heavy atom. The lowest BCUT2D eigenvalue weighted by atomic mass is 9.60. The Bertz CT molecular complexity index is 965. The summed E-state index contributed by atoms with van der Waals surface area (Å²) in [4.78, 5) is 32.6. The summed E-state index contributed by atoms with van der Waals surface area (Å²) in [7, 11) is 1.38. The molecule has 2 aliphatic rings. The molecule has 1 aromatic carbocycles. The van der Waals surface area contributed by atoms with Crippen LogP contribution in [0.2, 0.25) is 0 Å². The number of H-pyrrole nitrogens is 1. The molecule has 5 nitrogen and oxygen atoms in total. The SMILES string of the molecule is COC(=O)CCSc1nc2c(c(=O)[nH]1)[C@@](C)(C1CCCCC1)Cc1ccccc1-2. The number of methoxy groups -OCH3 is 1. The molecule has 0 bridgehead atoms. The summed E-state index contributed by atoms with van der Waals surface area (Å²) in [5.41, 5.74) is 3.79. The van der Waals surface area contributed by atoms with Gasteiger partial charge in [-0.25, -0.2) is 4.98 Å². The Morgan fingerprint density at radius 1 is 1.28 bits per heavy atom. The van der Waals surface area contributed by atoms with Gasteiger partial charge in [-0.3, -0.25) is 9.59 Å². The Labute approximate surface area is 175 Å². The summed E-state index contributed by atoms with van der Waals surface area (Å²) in [6.45, 7) is 2.26. The minimum Gasteiger partial charge on any atom is -0.469 e. The number of thioether (sulfide) groups is 1. The second-order valence-corrected chi connectivity index (χ2v) is 9.44. The maximum atomic E-state index is 13.3. The summed E-state index contributed by atoms with van der Waals surface area (Å²) < 4.78 is 4.70. The van der Waals surface area contributed by atoms with Crippen LogP contribution in [-0.4, -0.2) is 28.8 Å². The van der Waals surface area contributed by atoms with Crippen molar-refractivity contribution in [3.8, 4) is 11.3 Å². The van der Waals surface area contributed by atoms with Crippen molar-refractivity contribution in [3.63, 3.8) is 0 Å². The summed E-state index contributed by atoms with van der Waals surface area (Å²) in [5, 5.41) is 0.570. The zero-order valence-corrected chi connectivity index (χ0v) is 17.9. The van der Waals surface area contributed by atoms with E-state index in [1.807, 2.05) is 6.07 Å². The highest BCUT2D eigenvalue weighted by molar-refractivity contribution is 7.99. The monoisotopic (exact) mass is 412 g/mol. The van der Waals surface area contributed by atoms with Crippen LogP contribution in [0, 0.1) is 5.92 Å². The van der Waals surface area contributed by atoms with E-state index in [1.165, 1.54) is 56.5 Å². The van der Waals surface area contributed by atoms with Gasteiger partial charge in [-0.15, -0.1) is 0 Å². The molecular formula is C23H28N2O3S. The predicted molar refractivity (Wildman–Crippen MR) is 115 cm³/mol. The maximum Gasteiger partial charge on any atom is 0.306 e. The molecule has 1 aromatic heterocycles. The Kier molecular flexibility index (Phi) is 5.81. The van der Waals surface area contributed by atoms with Gasteiger partial charge in [-0.1, -0.05) is 62.2 Å². The van der Waals surface area contributed by atoms with Gasteiger partial charge in [-0.05, 0) is 30.7 Å². The van der Waals surface area contributed by atoms with Gasteiger partial charge < -0.3 is 9.72 Å². The Hall–Kier alpha value is -2.08. The number of ether oxygens (including phenoxy) is 1. The van der Waals surface area contributed by atoms with Crippen molar-refractivity contribution < 1.29 is 9.53 Å². The van der Waals surface area contributed by atoms with E-state index in [1.54, 1.807) is 0 Å². The van der Waals surface area contributed by atoms with E-state index < -0.39 is 0 Å². The molecule has 6 heteroatoms. The first kappa shape index (κ1) is 20.2. The number of nitrogens with one attached hydrogen (secondary N) is 1. The second kappa shape index (κ2) is 8.34. The van der Waals surface area contributed by atoms with Crippen LogP contribution in [0.15, 0.2) is 34.2 Å². The van der Waals surface area contributed by atoms with Crippen LogP contribution in [0.5, 0.6) is 0 Å². The van der Waals surface area contributed by atoms with Crippen molar-refractivity contribution in [2.75, 3.05) is 12.9 Å². The lowest BCUT2D eigenvalue weighted by Gasteiger charge is -2.43. The van der Waals surface area contributed by atoms with Crippen LogP contribution < -0.4 is 5.56 Å². The van der Waals surface area contributed by atoms with Gasteiger partial charge in [0.1, 0.15) is 0 Å². The number of aromatic amines is 1. The Balaban J connectivity index is 1.75. The van der Waals surface area contributed by atoms with Crippen molar-refractivity contribution in [3.05, 3.63) is 45.7 Å². The molecule has 2 aliphatic carbocycles. The fourth-order valence-electron chi connectivity index (χ4n) is 5.06. The number of aromatic nitrogens is 2. The standard InChI is InChI=1S/C23H28N2O3S/c1-23(16-9-4-3-5-10-16)14-15-8-6-7-11-17(15)20-19(23)21(27)25-22(24-20)29-13-12-18(26)28-2/h6-8,11,16H,3-5,9-10,12-14H2,1-2H3,(H,24,25,27)/t23-/m1/s1. The number of nitrogens with zero attached hydrogens (tertiary/aromatic N) is 1. The van der Waals surface area contributed by atoms with E-state index >= 15 is 0 Å². The van der Waals surface area contributed by atoms with Gasteiger partial charge in [0.15, 0.2) is 5.16 Å². The van der Waals surface area contributed by atoms with Gasteiger partial charge in [0.25, 0.3) is 5.56 Å². The minimum absolute atomic E-state index is 0.0295. The van der Waals surface area contributed by atoms with E-state index in [0.29, 0.717) is 23.2 Å². The normalized spacial score (nSPS) is 21.3. The largest absolute Gasteiger partial charge is 0.469 e. The molecule has 0 unspecified atom stereocenters. The number of carbonyl (C=O) groups is 1. The van der Waals surface area contributed by atoms with Gasteiger partial charge in [0, 0.05) is 16.7 Å². The van der Waals surface area contributed by atoms with Crippen molar-refractivity contribution >= 4 is 17.7 Å². The molecule has 0 aliphatic heterocycles. The van der Waals surface area contributed by atoms with Crippen LogP contribution >= 0.6 is 11.8 Å². The molecule has 1 fully saturated rings. The van der Waals surface area contributed by atoms with E-state index in [-0.39, 0.29) is 16.9 Å². The first-order chi connectivity index (χ1) is 14.0. The molecule has 0 spiro atoms. The highest BCUT2D eigenvalue weighted by Crippen LogP contribution is 2.48. The third-order valence-electron chi connectivity index (χ3n) is 6.58. The third kappa shape index (κ3) is 3.87. The van der Waals surface area contributed by atoms with Crippen LogP contribution in [0.3, 0.4) is 0 Å². The van der Waals surface area contributed by atoms with Gasteiger partial charge in [0.05, 0.1) is 24.8 Å². The molecule has 0 radical (unpaired) electrons. The first-order valence-corrected chi connectivity index (χ1v) is 11.4. The highest BCUT2D eigenvalue weighted by atomic mass is 32.2. The van der Waals surface area contributed by atoms with Crippen LogP contribution in [-0.2, 0) is 21.4 Å². The zero-order chi connectivity index (χ0) is 20.4. The molecule has 1 N–H and O–H groups in total. The Morgan fingerprint density at radius 2 is 2.03 bits per heavy atom. The highest BCUT2D eigenvalue weighted by Gasteiger charge is 2.44. The number of carbonyl (C=O) groups excluding carboxylic acids is 1. The molecule has 2 aromatic rings. The fourth-order valence-corrected chi connectivity index (χ4v) is 5.84. The van der Waals surface area contributed by atoms with Crippen LogP contribution in [0.25, 0.3) is 11.3 Å². The molecule has 0 saturated heterocycles. The average molecular weight is 413 g/mol. The molecule has 0 amide bonds. The molecule has 154 valence electrons. The molecule has 29 heavy (non-hydrogen) atoms. The van der Waals surface area contributed by atoms with Gasteiger partial charge in [0.2, 0.25) is 0 Å². The molecule has 1 atom stereocenters. The minimum atomic E-state index is -0.256. The van der Waals surface area contributed by atoms with E-state index in [9.17, 15) is 9.59 Å². The molecule has 1 heterocycles. The number of hydrogen-bond donors (Lipinski definition) is 1. The quantitative estimate of drug-likeness (QED) is 0.445. The van der Waals surface area contributed by atoms with E-state index in [2.05, 4.69) is 30.1 Å². The fraction of sp³-hybridized carbons (Fsp3) is 0.522. The lowest BCUT2D eigenvalue weighted by Crippen LogP contribution is -2.43. The van der Waals surface area contributed by atoms with Crippen molar-refractivity contribution in [1.29, 1.82) is 0 Å². The van der Waals surface area contributed by atoms with E-state index in [4.69, 9.17) is 9.72 Å². The number of rotatable bonds is 5. The van der Waals surface area contributed by atoms with Crippen molar-refractivity contribution in [1.82, 2.24) is 9.97 Å². The molecule has 4 rings (SSSR count). The number of esters is 1. The summed E-state index contributed by atoms with van der Waals surface area (Å²) in [5.74, 6) is 0.771. The van der Waals surface area contributed by atoms with Crippen molar-refractivity contribution in [2.24, 2.45) is 5.92 Å². The predicted octanol–water partition coefficient (Wildman–Crippen LogP) is 4.49. The summed E-state index contributed by atoms with van der Waals surface area (Å²) in [6, 6.07) is 8.33. The van der Waals surface area contributed by atoms with Crippen molar-refractivity contribution in [2.45, 2.75) is 62.4 Å².